The molecule has 0 saturated carbocycles. The van der Waals surface area contributed by atoms with Crippen LogP contribution < -0.4 is 5.32 Å². The number of nitrogens with one attached hydrogen (secondary N) is 1. The van der Waals surface area contributed by atoms with E-state index < -0.39 is 31.0 Å². The van der Waals surface area contributed by atoms with Crippen LogP contribution in [-0.2, 0) is 32.5 Å². The highest BCUT2D eigenvalue weighted by Crippen LogP contribution is 2.33. The van der Waals surface area contributed by atoms with Gasteiger partial charge in [-0.15, -0.1) is 0 Å². The molecule has 1 unspecified atom stereocenters. The van der Waals surface area contributed by atoms with Gasteiger partial charge in [0, 0.05) is 12.1 Å². The molecular weight excluding hydrogens is 406 g/mol. The number of fused-ring (bicyclic) bond motifs is 1. The van der Waals surface area contributed by atoms with Gasteiger partial charge in [-0.2, -0.15) is 0 Å². The summed E-state index contributed by atoms with van der Waals surface area (Å²) in [4.78, 5) is 0.202. The van der Waals surface area contributed by atoms with Crippen molar-refractivity contribution in [3.8, 4) is 0 Å². The van der Waals surface area contributed by atoms with Gasteiger partial charge in [-0.25, -0.2) is 16.8 Å². The maximum atomic E-state index is 13.3. The Kier molecular flexibility index (Phi) is 5.57. The average Bonchev–Trinajstić information content (AvgIpc) is 3.03. The van der Waals surface area contributed by atoms with Crippen molar-refractivity contribution in [3.05, 3.63) is 65.2 Å². The van der Waals surface area contributed by atoms with E-state index in [2.05, 4.69) is 17.4 Å². The van der Waals surface area contributed by atoms with Gasteiger partial charge in [-0.1, -0.05) is 43.3 Å². The Morgan fingerprint density at radius 2 is 1.76 bits per heavy atom. The van der Waals surface area contributed by atoms with E-state index in [1.165, 1.54) is 5.56 Å². The molecule has 2 aromatic rings. The lowest BCUT2D eigenvalue weighted by Gasteiger charge is -2.30. The monoisotopic (exact) mass is 433 g/mol. The topological polar surface area (TPSA) is 80.3 Å². The summed E-state index contributed by atoms with van der Waals surface area (Å²) in [6.07, 6.45) is 3.71. The molecule has 2 aliphatic rings. The van der Waals surface area contributed by atoms with E-state index in [1.807, 2.05) is 19.1 Å². The Morgan fingerprint density at radius 3 is 2.48 bits per heavy atom. The zero-order chi connectivity index (χ0) is 20.6. The first-order valence-electron chi connectivity index (χ1n) is 10.2. The minimum Gasteiger partial charge on any atom is -0.305 e. The number of aryl methyl sites for hydroxylation is 2. The third-order valence-corrected chi connectivity index (χ3v) is 10.3. The van der Waals surface area contributed by atoms with Gasteiger partial charge in [0.15, 0.2) is 19.7 Å². The van der Waals surface area contributed by atoms with Crippen molar-refractivity contribution in [2.24, 2.45) is 0 Å². The molecule has 4 rings (SSSR count). The highest BCUT2D eigenvalue weighted by Gasteiger charge is 2.46. The van der Waals surface area contributed by atoms with E-state index in [-0.39, 0.29) is 22.4 Å². The molecule has 1 saturated heterocycles. The molecule has 0 spiro atoms. The van der Waals surface area contributed by atoms with Crippen LogP contribution in [0.1, 0.15) is 42.5 Å². The van der Waals surface area contributed by atoms with Crippen molar-refractivity contribution < 1.29 is 16.8 Å². The molecule has 5 nitrogen and oxygen atoms in total. The van der Waals surface area contributed by atoms with E-state index in [0.717, 1.165) is 36.8 Å². The number of hydrogen-bond donors (Lipinski definition) is 1. The SMILES string of the molecule is CCc1ccc(S(=O)(=O)[C@H]2CS(=O)(=O)C[C@@H]2NC2CCCc3ccccc32)cc1. The van der Waals surface area contributed by atoms with Gasteiger partial charge >= 0.3 is 0 Å². The third kappa shape index (κ3) is 4.13. The lowest BCUT2D eigenvalue weighted by atomic mass is 9.87. The fraction of sp³-hybridized carbons (Fsp3) is 0.455. The summed E-state index contributed by atoms with van der Waals surface area (Å²) in [6.45, 7) is 2.01. The van der Waals surface area contributed by atoms with Crippen LogP contribution in [0.15, 0.2) is 53.4 Å². The van der Waals surface area contributed by atoms with Crippen LogP contribution in [0.4, 0.5) is 0 Å². The normalized spacial score (nSPS) is 26.2. The maximum Gasteiger partial charge on any atom is 0.183 e. The second-order valence-corrected chi connectivity index (χ2v) is 12.4. The van der Waals surface area contributed by atoms with E-state index in [9.17, 15) is 16.8 Å². The molecule has 1 heterocycles. The number of hydrogen-bond acceptors (Lipinski definition) is 5. The van der Waals surface area contributed by atoms with Crippen molar-refractivity contribution in [1.29, 1.82) is 0 Å². The number of rotatable bonds is 5. The van der Waals surface area contributed by atoms with Crippen LogP contribution in [0.5, 0.6) is 0 Å². The van der Waals surface area contributed by atoms with E-state index in [1.54, 1.807) is 24.3 Å². The van der Waals surface area contributed by atoms with Crippen molar-refractivity contribution >= 4 is 19.7 Å². The fourth-order valence-electron chi connectivity index (χ4n) is 4.55. The molecule has 0 radical (unpaired) electrons. The highest BCUT2D eigenvalue weighted by atomic mass is 32.2. The number of benzene rings is 2. The van der Waals surface area contributed by atoms with Gasteiger partial charge in [0.05, 0.1) is 21.7 Å². The van der Waals surface area contributed by atoms with E-state index in [4.69, 9.17) is 0 Å². The Bertz CT molecular complexity index is 1090. The summed E-state index contributed by atoms with van der Waals surface area (Å²) in [6, 6.07) is 14.3. The molecule has 0 bridgehead atoms. The molecule has 1 aliphatic heterocycles. The average molecular weight is 434 g/mol. The van der Waals surface area contributed by atoms with E-state index in [0.29, 0.717) is 0 Å². The quantitative estimate of drug-likeness (QED) is 0.784. The Hall–Kier alpha value is -1.70. The van der Waals surface area contributed by atoms with Crippen LogP contribution in [0.25, 0.3) is 0 Å². The molecule has 0 amide bonds. The van der Waals surface area contributed by atoms with Gasteiger partial charge in [0.2, 0.25) is 0 Å². The first kappa shape index (κ1) is 20.6. The first-order valence-corrected chi connectivity index (χ1v) is 13.5. The molecule has 1 aliphatic carbocycles. The van der Waals surface area contributed by atoms with Crippen LogP contribution in [0.2, 0.25) is 0 Å². The zero-order valence-electron chi connectivity index (χ0n) is 16.5. The summed E-state index contributed by atoms with van der Waals surface area (Å²) in [7, 11) is -7.17. The summed E-state index contributed by atoms with van der Waals surface area (Å²) < 4.78 is 51.5. The Morgan fingerprint density at radius 1 is 1.03 bits per heavy atom. The minimum atomic E-state index is -3.75. The summed E-state index contributed by atoms with van der Waals surface area (Å²) in [5.74, 6) is -0.459. The smallest absolute Gasteiger partial charge is 0.183 e. The van der Waals surface area contributed by atoms with Gasteiger partial charge in [0.25, 0.3) is 0 Å². The van der Waals surface area contributed by atoms with Gasteiger partial charge in [-0.05, 0) is 54.5 Å². The predicted octanol–water partition coefficient (Wildman–Crippen LogP) is 2.86. The van der Waals surface area contributed by atoms with Gasteiger partial charge in [-0.3, -0.25) is 0 Å². The van der Waals surface area contributed by atoms with Crippen molar-refractivity contribution in [2.75, 3.05) is 11.5 Å². The molecule has 3 atom stereocenters. The predicted molar refractivity (Wildman–Crippen MR) is 114 cm³/mol. The fourth-order valence-corrected chi connectivity index (χ4v) is 9.23. The lowest BCUT2D eigenvalue weighted by Crippen LogP contribution is -2.45. The second kappa shape index (κ2) is 7.85. The summed E-state index contributed by atoms with van der Waals surface area (Å²) in [5.41, 5.74) is 3.47. The molecule has 1 fully saturated rings. The highest BCUT2D eigenvalue weighted by molar-refractivity contribution is 7.96. The molecule has 0 aromatic heterocycles. The molecule has 1 N–H and O–H groups in total. The largest absolute Gasteiger partial charge is 0.305 e. The first-order chi connectivity index (χ1) is 13.8. The molecule has 156 valence electrons. The summed E-state index contributed by atoms with van der Waals surface area (Å²) in [5, 5.41) is 2.46. The molecule has 29 heavy (non-hydrogen) atoms. The third-order valence-electron chi connectivity index (χ3n) is 6.14. The van der Waals surface area contributed by atoms with Crippen LogP contribution in [-0.4, -0.2) is 39.6 Å². The maximum absolute atomic E-state index is 13.3. The Balaban J connectivity index is 1.64. The Labute approximate surface area is 173 Å². The number of sulfone groups is 2. The standard InChI is InChI=1S/C22H27NO4S2/c1-2-16-10-12-18(13-11-16)29(26,27)22-15-28(24,25)14-21(22)23-20-9-5-7-17-6-3-4-8-19(17)20/h3-4,6,8,10-13,20-23H,2,5,7,9,14-15H2,1H3/t20?,21-,22-/m0/s1. The second-order valence-electron chi connectivity index (χ2n) is 8.07. The minimum absolute atomic E-state index is 0.0154. The zero-order valence-corrected chi connectivity index (χ0v) is 18.2. The van der Waals surface area contributed by atoms with E-state index >= 15 is 0 Å². The molecular formula is C22H27NO4S2. The van der Waals surface area contributed by atoms with Crippen LogP contribution in [0.3, 0.4) is 0 Å². The molecule has 2 aromatic carbocycles. The molecule has 7 heteroatoms. The van der Waals surface area contributed by atoms with Gasteiger partial charge < -0.3 is 5.32 Å². The van der Waals surface area contributed by atoms with Gasteiger partial charge in [0.1, 0.15) is 0 Å². The summed E-state index contributed by atoms with van der Waals surface area (Å²) >= 11 is 0. The van der Waals surface area contributed by atoms with Crippen molar-refractivity contribution in [1.82, 2.24) is 5.32 Å². The van der Waals surface area contributed by atoms with Crippen LogP contribution in [0, 0.1) is 0 Å². The van der Waals surface area contributed by atoms with Crippen molar-refractivity contribution in [2.45, 2.75) is 54.8 Å². The van der Waals surface area contributed by atoms with Crippen LogP contribution >= 0.6 is 0 Å². The lowest BCUT2D eigenvalue weighted by molar-refractivity contribution is 0.410. The van der Waals surface area contributed by atoms with Crippen molar-refractivity contribution in [3.63, 3.8) is 0 Å².